The molecule has 0 radical (unpaired) electrons. The maximum absolute atomic E-state index is 13.7. The minimum Gasteiger partial charge on any atom is -0.492 e. The number of aliphatic hydroxyl groups is 1. The van der Waals surface area contributed by atoms with E-state index in [1.807, 2.05) is 36.4 Å². The van der Waals surface area contributed by atoms with Gasteiger partial charge in [-0.05, 0) is 64.1 Å². The predicted octanol–water partition coefficient (Wildman–Crippen LogP) is 5.53. The van der Waals surface area contributed by atoms with E-state index in [0.29, 0.717) is 23.7 Å². The first kappa shape index (κ1) is 23.9. The highest BCUT2D eigenvalue weighted by molar-refractivity contribution is 7.83. The number of nitrogens with one attached hydrogen (secondary N) is 2. The monoisotopic (exact) mass is 510 g/mol. The highest BCUT2D eigenvalue weighted by Gasteiger charge is 2.28. The number of hydrogen-bond acceptors (Lipinski definition) is 4. The average Bonchev–Trinajstić information content (AvgIpc) is 3.60. The van der Waals surface area contributed by atoms with E-state index in [1.54, 1.807) is 0 Å². The lowest BCUT2D eigenvalue weighted by Crippen LogP contribution is -2.35. The summed E-state index contributed by atoms with van der Waals surface area (Å²) in [6.07, 6.45) is 1.48. The van der Waals surface area contributed by atoms with Gasteiger partial charge in [0.15, 0.2) is 0 Å². The van der Waals surface area contributed by atoms with Gasteiger partial charge in [-0.1, -0.05) is 66.7 Å². The standard InChI is InChI=1S/C31H30N2O3S/c34-20-27(17-26-19-32-29-12-5-4-11-28(26)29)33-37(35)30-18-25(16-24-13-14-36-31(24)30)23-10-6-9-22(15-23)21-7-2-1-3-8-21/h1-12,15-16,18,26-27,32-34H,13-14,17,19-20H2/t26?,27-,37?/m1/s1. The van der Waals surface area contributed by atoms with Crippen LogP contribution in [0.4, 0.5) is 5.69 Å². The molecule has 3 atom stereocenters. The number of hydrogen-bond donors (Lipinski definition) is 3. The molecule has 2 heterocycles. The van der Waals surface area contributed by atoms with Crippen molar-refractivity contribution >= 4 is 16.7 Å². The summed E-state index contributed by atoms with van der Waals surface area (Å²) in [4.78, 5) is 0.638. The maximum atomic E-state index is 13.7. The van der Waals surface area contributed by atoms with Crippen LogP contribution in [-0.2, 0) is 17.4 Å². The van der Waals surface area contributed by atoms with Crippen LogP contribution in [0.1, 0.15) is 23.5 Å². The van der Waals surface area contributed by atoms with Crippen LogP contribution in [0.15, 0.2) is 95.9 Å². The molecular weight excluding hydrogens is 480 g/mol. The summed E-state index contributed by atoms with van der Waals surface area (Å²) in [5.41, 5.74) is 7.85. The van der Waals surface area contributed by atoms with Gasteiger partial charge in [-0.3, -0.25) is 0 Å². The summed E-state index contributed by atoms with van der Waals surface area (Å²) in [5.74, 6) is 0.963. The van der Waals surface area contributed by atoms with E-state index >= 15 is 0 Å². The summed E-state index contributed by atoms with van der Waals surface area (Å²) in [5, 5.41) is 13.6. The summed E-state index contributed by atoms with van der Waals surface area (Å²) in [6, 6.07) is 30.8. The van der Waals surface area contributed by atoms with Crippen molar-refractivity contribution in [2.75, 3.05) is 25.1 Å². The van der Waals surface area contributed by atoms with E-state index < -0.39 is 11.0 Å². The molecule has 5 nitrogen and oxygen atoms in total. The van der Waals surface area contributed by atoms with Crippen LogP contribution in [0, 0.1) is 0 Å². The summed E-state index contributed by atoms with van der Waals surface area (Å²) < 4.78 is 22.8. The van der Waals surface area contributed by atoms with Crippen LogP contribution in [0.3, 0.4) is 0 Å². The number of benzene rings is 4. The van der Waals surface area contributed by atoms with E-state index in [-0.39, 0.29) is 18.6 Å². The Morgan fingerprint density at radius 1 is 0.919 bits per heavy atom. The van der Waals surface area contributed by atoms with Crippen molar-refractivity contribution in [3.05, 3.63) is 102 Å². The molecule has 37 heavy (non-hydrogen) atoms. The Labute approximate surface area is 220 Å². The molecule has 4 aromatic carbocycles. The predicted molar refractivity (Wildman–Crippen MR) is 149 cm³/mol. The van der Waals surface area contributed by atoms with Gasteiger partial charge in [0.25, 0.3) is 0 Å². The van der Waals surface area contributed by atoms with Crippen LogP contribution < -0.4 is 14.8 Å². The van der Waals surface area contributed by atoms with E-state index in [4.69, 9.17) is 4.74 Å². The van der Waals surface area contributed by atoms with Crippen molar-refractivity contribution in [3.8, 4) is 28.0 Å². The first-order valence-corrected chi connectivity index (χ1v) is 13.9. The van der Waals surface area contributed by atoms with Crippen molar-refractivity contribution in [2.45, 2.75) is 29.7 Å². The summed E-state index contributed by atoms with van der Waals surface area (Å²) in [7, 11) is -1.53. The van der Waals surface area contributed by atoms with Gasteiger partial charge in [0.05, 0.1) is 18.1 Å². The molecule has 0 saturated carbocycles. The highest BCUT2D eigenvalue weighted by Crippen LogP contribution is 2.38. The van der Waals surface area contributed by atoms with Crippen LogP contribution in [0.2, 0.25) is 0 Å². The van der Waals surface area contributed by atoms with Gasteiger partial charge in [-0.2, -0.15) is 0 Å². The molecule has 3 N–H and O–H groups in total. The van der Waals surface area contributed by atoms with Gasteiger partial charge >= 0.3 is 0 Å². The first-order chi connectivity index (χ1) is 18.2. The third-order valence-corrected chi connectivity index (χ3v) is 8.51. The zero-order valence-electron chi connectivity index (χ0n) is 20.5. The lowest BCUT2D eigenvalue weighted by atomic mass is 9.94. The van der Waals surface area contributed by atoms with E-state index in [1.165, 1.54) is 5.56 Å². The van der Waals surface area contributed by atoms with Gasteiger partial charge < -0.3 is 15.2 Å². The van der Waals surface area contributed by atoms with Crippen LogP contribution >= 0.6 is 0 Å². The number of rotatable bonds is 8. The summed E-state index contributed by atoms with van der Waals surface area (Å²) >= 11 is 0. The van der Waals surface area contributed by atoms with Crippen LogP contribution in [0.5, 0.6) is 5.75 Å². The molecule has 0 bridgehead atoms. The van der Waals surface area contributed by atoms with E-state index in [2.05, 4.69) is 64.6 Å². The molecule has 6 heteroatoms. The molecule has 2 unspecified atom stereocenters. The van der Waals surface area contributed by atoms with Gasteiger partial charge in [-0.15, -0.1) is 0 Å². The van der Waals surface area contributed by atoms with Gasteiger partial charge in [-0.25, -0.2) is 8.93 Å². The van der Waals surface area contributed by atoms with Gasteiger partial charge in [0.2, 0.25) is 0 Å². The quantitative estimate of drug-likeness (QED) is 0.292. The fourth-order valence-electron chi connectivity index (χ4n) is 5.37. The number of fused-ring (bicyclic) bond motifs is 2. The third kappa shape index (κ3) is 4.92. The molecule has 0 aliphatic carbocycles. The minimum atomic E-state index is -1.53. The normalized spacial score (nSPS) is 17.4. The Balaban J connectivity index is 1.27. The van der Waals surface area contributed by atoms with Gasteiger partial charge in [0, 0.05) is 30.6 Å². The smallest absolute Gasteiger partial charge is 0.140 e. The number of aliphatic hydroxyl groups excluding tert-OH is 1. The molecule has 0 amide bonds. The average molecular weight is 511 g/mol. The van der Waals surface area contributed by atoms with Crippen molar-refractivity contribution in [2.24, 2.45) is 0 Å². The molecule has 6 rings (SSSR count). The van der Waals surface area contributed by atoms with Crippen LogP contribution in [-0.4, -0.2) is 35.1 Å². The molecule has 0 spiro atoms. The Morgan fingerprint density at radius 3 is 2.51 bits per heavy atom. The summed E-state index contributed by atoms with van der Waals surface area (Å²) in [6.45, 7) is 1.31. The van der Waals surface area contributed by atoms with E-state index in [9.17, 15) is 9.32 Å². The maximum Gasteiger partial charge on any atom is 0.140 e. The molecule has 4 aromatic rings. The Hall–Kier alpha value is -3.45. The Morgan fingerprint density at radius 2 is 1.68 bits per heavy atom. The van der Waals surface area contributed by atoms with Gasteiger partial charge in [0.1, 0.15) is 16.7 Å². The fraction of sp³-hybridized carbons (Fsp3) is 0.226. The zero-order valence-corrected chi connectivity index (χ0v) is 21.3. The minimum absolute atomic E-state index is 0.0910. The molecule has 2 aliphatic rings. The number of para-hydroxylation sites is 1. The molecule has 188 valence electrons. The van der Waals surface area contributed by atoms with Crippen LogP contribution in [0.25, 0.3) is 22.3 Å². The Bertz CT molecular complexity index is 1440. The fourth-order valence-corrected chi connectivity index (χ4v) is 6.56. The SMILES string of the molecule is O=S(N[C@@H](CO)CC1CNc2ccccc21)c1cc(-c2cccc(-c3ccccc3)c2)cc2c1OCC2. The highest BCUT2D eigenvalue weighted by atomic mass is 32.2. The van der Waals surface area contributed by atoms with Crippen molar-refractivity contribution in [1.29, 1.82) is 0 Å². The number of anilines is 1. The number of ether oxygens (including phenoxy) is 1. The second-order valence-electron chi connectivity index (χ2n) is 9.67. The molecule has 0 aromatic heterocycles. The zero-order chi connectivity index (χ0) is 25.2. The van der Waals surface area contributed by atoms with Crippen molar-refractivity contribution < 1.29 is 14.1 Å². The van der Waals surface area contributed by atoms with Crippen molar-refractivity contribution in [3.63, 3.8) is 0 Å². The second kappa shape index (κ2) is 10.5. The second-order valence-corrected chi connectivity index (χ2v) is 10.9. The molecule has 0 saturated heterocycles. The lowest BCUT2D eigenvalue weighted by molar-refractivity contribution is 0.247. The third-order valence-electron chi connectivity index (χ3n) is 7.25. The van der Waals surface area contributed by atoms with E-state index in [0.717, 1.165) is 46.5 Å². The first-order valence-electron chi connectivity index (χ1n) is 12.8. The molecule has 0 fully saturated rings. The topological polar surface area (TPSA) is 70.6 Å². The van der Waals surface area contributed by atoms with Crippen molar-refractivity contribution in [1.82, 2.24) is 4.72 Å². The molecular formula is C31H30N2O3S. The largest absolute Gasteiger partial charge is 0.492 e. The Kier molecular flexibility index (Phi) is 6.79. The lowest BCUT2D eigenvalue weighted by Gasteiger charge is -2.20. The molecule has 2 aliphatic heterocycles.